The number of hydrogen-bond acceptors (Lipinski definition) is 4. The molecule has 0 radical (unpaired) electrons. The van der Waals surface area contributed by atoms with Crippen LogP contribution in [0.15, 0.2) is 66.2 Å². The lowest BCUT2D eigenvalue weighted by molar-refractivity contribution is -0.125. The van der Waals surface area contributed by atoms with Crippen LogP contribution in [0.2, 0.25) is 0 Å². The van der Waals surface area contributed by atoms with Crippen LogP contribution < -0.4 is 0 Å². The average Bonchev–Trinajstić information content (AvgIpc) is 3.57. The zero-order valence-electron chi connectivity index (χ0n) is 17.8. The van der Waals surface area contributed by atoms with Crippen LogP contribution in [0.4, 0.5) is 4.79 Å². The molecule has 3 fully saturated rings. The van der Waals surface area contributed by atoms with Crippen LogP contribution in [0.25, 0.3) is 5.57 Å². The molecular weight excluding hydrogens is 402 g/mol. The zero-order valence-corrected chi connectivity index (χ0v) is 17.8. The molecule has 4 aliphatic rings. The van der Waals surface area contributed by atoms with Crippen molar-refractivity contribution < 1.29 is 19.1 Å². The lowest BCUT2D eigenvalue weighted by atomic mass is 9.78. The molecule has 162 valence electrons. The highest BCUT2D eigenvalue weighted by Gasteiger charge is 2.59. The maximum absolute atomic E-state index is 14.0. The third-order valence-electron chi connectivity index (χ3n) is 7.86. The minimum atomic E-state index is -0.602. The number of benzene rings is 2. The standard InChI is InChI=1S/C27H25NO4/c29-25-22(17-9-5-2-6-10-17)24(21-18-11-12-19(14-18)23(21)25)26(30)28-20(15-32-27(28)31)13-16-7-3-1-4-8-16/h1-10,18-21,23H,11-15H2/t18-,19+,20-,21+,23-/m0/s1. The fraction of sp³-hybridized carbons (Fsp3) is 0.370. The average molecular weight is 428 g/mol. The number of carbonyl (C=O) groups excluding carboxylic acids is 3. The second-order valence-electron chi connectivity index (χ2n) is 9.50. The second-order valence-corrected chi connectivity index (χ2v) is 9.50. The van der Waals surface area contributed by atoms with Gasteiger partial charge in [0.25, 0.3) is 5.91 Å². The summed E-state index contributed by atoms with van der Waals surface area (Å²) in [5.41, 5.74) is 2.91. The monoisotopic (exact) mass is 427 g/mol. The summed E-state index contributed by atoms with van der Waals surface area (Å²) < 4.78 is 5.33. The molecule has 0 N–H and O–H groups in total. The van der Waals surface area contributed by atoms with Gasteiger partial charge in [0.05, 0.1) is 6.04 Å². The number of cyclic esters (lactones) is 1. The van der Waals surface area contributed by atoms with Gasteiger partial charge in [0.2, 0.25) is 0 Å². The second kappa shape index (κ2) is 7.44. The smallest absolute Gasteiger partial charge is 0.417 e. The van der Waals surface area contributed by atoms with E-state index in [-0.39, 0.29) is 36.2 Å². The lowest BCUT2D eigenvalue weighted by Crippen LogP contribution is -2.42. The molecule has 0 aromatic heterocycles. The number of ketones is 1. The fourth-order valence-corrected chi connectivity index (χ4v) is 6.58. The number of imide groups is 1. The Kier molecular flexibility index (Phi) is 4.53. The van der Waals surface area contributed by atoms with Gasteiger partial charge in [-0.3, -0.25) is 9.59 Å². The van der Waals surface area contributed by atoms with Gasteiger partial charge in [-0.05, 0) is 48.6 Å². The summed E-state index contributed by atoms with van der Waals surface area (Å²) in [6, 6.07) is 18.9. The molecule has 0 spiro atoms. The van der Waals surface area contributed by atoms with E-state index in [1.807, 2.05) is 60.7 Å². The van der Waals surface area contributed by atoms with Crippen molar-refractivity contribution >= 4 is 23.4 Å². The van der Waals surface area contributed by atoms with E-state index in [9.17, 15) is 14.4 Å². The Labute approximate surface area is 187 Å². The molecule has 2 aromatic carbocycles. The number of amides is 2. The number of ether oxygens (including phenoxy) is 1. The van der Waals surface area contributed by atoms with E-state index in [1.165, 1.54) is 4.90 Å². The topological polar surface area (TPSA) is 63.7 Å². The first-order valence-electron chi connectivity index (χ1n) is 11.5. The minimum Gasteiger partial charge on any atom is -0.447 e. The zero-order chi connectivity index (χ0) is 21.8. The van der Waals surface area contributed by atoms with Crippen LogP contribution in [0.5, 0.6) is 0 Å². The quantitative estimate of drug-likeness (QED) is 0.731. The maximum atomic E-state index is 14.0. The summed E-state index contributed by atoms with van der Waals surface area (Å²) in [5.74, 6) is 0.265. The van der Waals surface area contributed by atoms with Gasteiger partial charge in [-0.1, -0.05) is 60.7 Å². The van der Waals surface area contributed by atoms with Crippen LogP contribution in [0.3, 0.4) is 0 Å². The molecule has 6 rings (SSSR count). The largest absolute Gasteiger partial charge is 0.447 e. The number of rotatable bonds is 4. The van der Waals surface area contributed by atoms with Gasteiger partial charge in [-0.15, -0.1) is 0 Å². The predicted molar refractivity (Wildman–Crippen MR) is 118 cm³/mol. The van der Waals surface area contributed by atoms with Gasteiger partial charge in [0.15, 0.2) is 5.78 Å². The third kappa shape index (κ3) is 2.87. The van der Waals surface area contributed by atoms with Crippen molar-refractivity contribution in [2.24, 2.45) is 23.7 Å². The normalized spacial score (nSPS) is 30.8. The first-order valence-corrected chi connectivity index (χ1v) is 11.5. The first kappa shape index (κ1) is 19.5. The Morgan fingerprint density at radius 2 is 1.56 bits per heavy atom. The molecule has 1 saturated heterocycles. The number of nitrogens with zero attached hydrogens (tertiary/aromatic N) is 1. The van der Waals surface area contributed by atoms with E-state index in [2.05, 4.69) is 0 Å². The Morgan fingerprint density at radius 1 is 0.906 bits per heavy atom. The molecule has 5 heteroatoms. The van der Waals surface area contributed by atoms with Crippen LogP contribution in [0, 0.1) is 23.7 Å². The fourth-order valence-electron chi connectivity index (χ4n) is 6.58. The Hall–Kier alpha value is -3.21. The van der Waals surface area contributed by atoms with Crippen molar-refractivity contribution in [2.75, 3.05) is 6.61 Å². The van der Waals surface area contributed by atoms with Crippen LogP contribution in [0.1, 0.15) is 30.4 Å². The Bertz CT molecular complexity index is 1120. The van der Waals surface area contributed by atoms with E-state index in [0.29, 0.717) is 29.4 Å². The SMILES string of the molecule is O=C1C(c2ccccc2)=C(C(=O)N2C(=O)OC[C@@H]2Cc2ccccc2)[C@@H]2[C@H]3CC[C@H](C3)[C@H]12. The molecule has 1 heterocycles. The van der Waals surface area contributed by atoms with Gasteiger partial charge in [0.1, 0.15) is 6.61 Å². The number of carbonyl (C=O) groups is 3. The first-order chi connectivity index (χ1) is 15.6. The lowest BCUT2D eigenvalue weighted by Gasteiger charge is -2.28. The molecule has 2 bridgehead atoms. The van der Waals surface area contributed by atoms with Crippen molar-refractivity contribution in [1.82, 2.24) is 4.90 Å². The van der Waals surface area contributed by atoms with Gasteiger partial charge in [-0.2, -0.15) is 0 Å². The van der Waals surface area contributed by atoms with Crippen LogP contribution in [-0.2, 0) is 20.7 Å². The summed E-state index contributed by atoms with van der Waals surface area (Å²) >= 11 is 0. The molecule has 2 saturated carbocycles. The number of fused-ring (bicyclic) bond motifs is 5. The highest BCUT2D eigenvalue weighted by molar-refractivity contribution is 6.31. The summed E-state index contributed by atoms with van der Waals surface area (Å²) in [6.45, 7) is 0.182. The molecule has 5 nitrogen and oxygen atoms in total. The van der Waals surface area contributed by atoms with Crippen LogP contribution >= 0.6 is 0 Å². The molecule has 0 unspecified atom stereocenters. The van der Waals surface area contributed by atoms with Crippen molar-refractivity contribution in [3.05, 3.63) is 77.4 Å². The molecule has 1 aliphatic heterocycles. The molecule has 2 amide bonds. The molecule has 5 atom stereocenters. The predicted octanol–water partition coefficient (Wildman–Crippen LogP) is 4.28. The molecular formula is C27H25NO4. The van der Waals surface area contributed by atoms with Gasteiger partial charge in [0, 0.05) is 23.0 Å². The van der Waals surface area contributed by atoms with E-state index in [1.54, 1.807) is 0 Å². The Balaban J connectivity index is 1.42. The Morgan fingerprint density at radius 3 is 2.28 bits per heavy atom. The van der Waals surface area contributed by atoms with E-state index >= 15 is 0 Å². The summed E-state index contributed by atoms with van der Waals surface area (Å²) in [4.78, 5) is 41.6. The van der Waals surface area contributed by atoms with Crippen LogP contribution in [-0.4, -0.2) is 35.3 Å². The molecule has 3 aliphatic carbocycles. The number of Topliss-reactive ketones (excluding diaryl/α,β-unsaturated/α-hetero) is 1. The third-order valence-corrected chi connectivity index (χ3v) is 7.86. The molecule has 32 heavy (non-hydrogen) atoms. The van der Waals surface area contributed by atoms with Crippen molar-refractivity contribution in [2.45, 2.75) is 31.7 Å². The van der Waals surface area contributed by atoms with E-state index in [4.69, 9.17) is 4.74 Å². The van der Waals surface area contributed by atoms with Crippen molar-refractivity contribution in [1.29, 1.82) is 0 Å². The highest BCUT2D eigenvalue weighted by atomic mass is 16.6. The number of allylic oxidation sites excluding steroid dienone is 1. The van der Waals surface area contributed by atoms with Crippen molar-refractivity contribution in [3.63, 3.8) is 0 Å². The van der Waals surface area contributed by atoms with Crippen molar-refractivity contribution in [3.8, 4) is 0 Å². The minimum absolute atomic E-state index is 0.0743. The number of hydrogen-bond donors (Lipinski definition) is 0. The highest BCUT2D eigenvalue weighted by Crippen LogP contribution is 2.60. The van der Waals surface area contributed by atoms with Gasteiger partial charge >= 0.3 is 6.09 Å². The van der Waals surface area contributed by atoms with E-state index < -0.39 is 6.09 Å². The van der Waals surface area contributed by atoms with Gasteiger partial charge in [-0.25, -0.2) is 9.69 Å². The van der Waals surface area contributed by atoms with E-state index in [0.717, 1.165) is 30.4 Å². The summed E-state index contributed by atoms with van der Waals surface area (Å²) in [6.07, 6.45) is 3.06. The summed E-state index contributed by atoms with van der Waals surface area (Å²) in [5, 5.41) is 0. The molecule has 2 aromatic rings. The van der Waals surface area contributed by atoms with Gasteiger partial charge < -0.3 is 4.74 Å². The maximum Gasteiger partial charge on any atom is 0.417 e. The summed E-state index contributed by atoms with van der Waals surface area (Å²) in [7, 11) is 0.